The fourth-order valence-corrected chi connectivity index (χ4v) is 1.41. The number of aryl methyl sites for hydroxylation is 1. The summed E-state index contributed by atoms with van der Waals surface area (Å²) in [5.41, 5.74) is 2.55. The van der Waals surface area contributed by atoms with Gasteiger partial charge in [0.1, 0.15) is 0 Å². The molecule has 0 radical (unpaired) electrons. The molecule has 0 saturated heterocycles. The predicted molar refractivity (Wildman–Crippen MR) is 53.5 cm³/mol. The van der Waals surface area contributed by atoms with Gasteiger partial charge < -0.3 is 5.32 Å². The molecule has 60 valence electrons. The lowest BCUT2D eigenvalue weighted by atomic mass is 10.1. The predicted octanol–water partition coefficient (Wildman–Crippen LogP) is 2.67. The number of nitrogens with one attached hydrogen (secondary N) is 1. The van der Waals surface area contributed by atoms with Crippen molar-refractivity contribution in [1.82, 2.24) is 0 Å². The molecule has 0 amide bonds. The quantitative estimate of drug-likeness (QED) is 0.762. The highest BCUT2D eigenvalue weighted by atomic mass is 79.9. The lowest BCUT2D eigenvalue weighted by molar-refractivity contribution is 1.17. The standard InChI is InChI=1S/C9H12BrN/c1-11-9-4-2-8(3-5-9)6-7-10/h2-5,11H,6-7H2,1H3. The number of anilines is 1. The monoisotopic (exact) mass is 213 g/mol. The first-order valence-corrected chi connectivity index (χ1v) is 4.81. The van der Waals surface area contributed by atoms with Gasteiger partial charge in [-0.15, -0.1) is 0 Å². The minimum atomic E-state index is 1.03. The smallest absolute Gasteiger partial charge is 0.0337 e. The Balaban J connectivity index is 2.66. The Kier molecular flexibility index (Phi) is 3.43. The molecule has 1 aromatic rings. The van der Waals surface area contributed by atoms with Gasteiger partial charge in [0.2, 0.25) is 0 Å². The maximum absolute atomic E-state index is 3.41. The van der Waals surface area contributed by atoms with Crippen molar-refractivity contribution in [3.63, 3.8) is 0 Å². The SMILES string of the molecule is CNc1ccc(CCBr)cc1. The molecule has 1 nitrogen and oxygen atoms in total. The van der Waals surface area contributed by atoms with Gasteiger partial charge in [0.15, 0.2) is 0 Å². The molecule has 0 spiro atoms. The fraction of sp³-hybridized carbons (Fsp3) is 0.333. The highest BCUT2D eigenvalue weighted by Crippen LogP contribution is 2.09. The van der Waals surface area contributed by atoms with Crippen LogP contribution in [0.25, 0.3) is 0 Å². The largest absolute Gasteiger partial charge is 0.388 e. The van der Waals surface area contributed by atoms with Gasteiger partial charge in [-0.1, -0.05) is 28.1 Å². The fourth-order valence-electron chi connectivity index (χ4n) is 0.947. The van der Waals surface area contributed by atoms with Crippen LogP contribution in [0.3, 0.4) is 0 Å². The normalized spacial score (nSPS) is 9.64. The van der Waals surface area contributed by atoms with E-state index in [1.165, 1.54) is 11.3 Å². The molecule has 0 heterocycles. The maximum atomic E-state index is 3.41. The molecule has 0 unspecified atom stereocenters. The van der Waals surface area contributed by atoms with Gasteiger partial charge in [-0.25, -0.2) is 0 Å². The van der Waals surface area contributed by atoms with Crippen LogP contribution in [0.2, 0.25) is 0 Å². The van der Waals surface area contributed by atoms with Crippen LogP contribution in [0.15, 0.2) is 24.3 Å². The van der Waals surface area contributed by atoms with Crippen LogP contribution in [-0.4, -0.2) is 12.4 Å². The Morgan fingerprint density at radius 2 is 1.91 bits per heavy atom. The minimum Gasteiger partial charge on any atom is -0.388 e. The molecule has 0 saturated carbocycles. The Morgan fingerprint density at radius 1 is 1.27 bits per heavy atom. The van der Waals surface area contributed by atoms with Crippen molar-refractivity contribution < 1.29 is 0 Å². The molecule has 0 bridgehead atoms. The molecule has 0 aliphatic heterocycles. The van der Waals surface area contributed by atoms with Gasteiger partial charge in [-0.3, -0.25) is 0 Å². The van der Waals surface area contributed by atoms with Gasteiger partial charge in [0.25, 0.3) is 0 Å². The zero-order valence-corrected chi connectivity index (χ0v) is 8.19. The molecule has 1 aromatic carbocycles. The van der Waals surface area contributed by atoms with Crippen molar-refractivity contribution >= 4 is 21.6 Å². The van der Waals surface area contributed by atoms with Gasteiger partial charge in [0, 0.05) is 18.1 Å². The zero-order valence-electron chi connectivity index (χ0n) is 6.60. The second-order valence-corrected chi connectivity index (χ2v) is 3.18. The first kappa shape index (κ1) is 8.60. The summed E-state index contributed by atoms with van der Waals surface area (Å²) in [5, 5.41) is 4.12. The molecule has 0 aliphatic carbocycles. The molecule has 1 rings (SSSR count). The van der Waals surface area contributed by atoms with Crippen LogP contribution in [0.5, 0.6) is 0 Å². The van der Waals surface area contributed by atoms with E-state index in [1.807, 2.05) is 7.05 Å². The maximum Gasteiger partial charge on any atom is 0.0337 e. The Bertz CT molecular complexity index is 205. The van der Waals surface area contributed by atoms with Gasteiger partial charge in [-0.05, 0) is 24.1 Å². The van der Waals surface area contributed by atoms with Crippen molar-refractivity contribution in [2.75, 3.05) is 17.7 Å². The Hall–Kier alpha value is -0.500. The molecule has 2 heteroatoms. The lowest BCUT2D eigenvalue weighted by Gasteiger charge is -2.00. The van der Waals surface area contributed by atoms with Crippen molar-refractivity contribution in [1.29, 1.82) is 0 Å². The summed E-state index contributed by atoms with van der Waals surface area (Å²) in [5.74, 6) is 0. The molecule has 0 atom stereocenters. The highest BCUT2D eigenvalue weighted by molar-refractivity contribution is 9.09. The van der Waals surface area contributed by atoms with E-state index in [9.17, 15) is 0 Å². The van der Waals surface area contributed by atoms with E-state index in [4.69, 9.17) is 0 Å². The van der Waals surface area contributed by atoms with Crippen molar-refractivity contribution in [2.24, 2.45) is 0 Å². The van der Waals surface area contributed by atoms with Gasteiger partial charge >= 0.3 is 0 Å². The summed E-state index contributed by atoms with van der Waals surface area (Å²) in [6, 6.07) is 8.48. The second-order valence-electron chi connectivity index (χ2n) is 2.39. The molecule has 0 aliphatic rings. The van der Waals surface area contributed by atoms with E-state index in [0.29, 0.717) is 0 Å². The summed E-state index contributed by atoms with van der Waals surface area (Å²) in [4.78, 5) is 0. The topological polar surface area (TPSA) is 12.0 Å². The zero-order chi connectivity index (χ0) is 8.10. The molecular weight excluding hydrogens is 202 g/mol. The molecule has 0 fully saturated rings. The summed E-state index contributed by atoms with van der Waals surface area (Å²) in [6.45, 7) is 0. The number of halogens is 1. The first-order valence-electron chi connectivity index (χ1n) is 3.69. The average Bonchev–Trinajstić information content (AvgIpc) is 2.07. The summed E-state index contributed by atoms with van der Waals surface area (Å²) in [6.07, 6.45) is 1.10. The first-order chi connectivity index (χ1) is 5.36. The molecular formula is C9H12BrN. The molecule has 1 N–H and O–H groups in total. The number of rotatable bonds is 3. The highest BCUT2D eigenvalue weighted by Gasteiger charge is 1.90. The number of benzene rings is 1. The number of hydrogen-bond donors (Lipinski definition) is 1. The third-order valence-electron chi connectivity index (χ3n) is 1.63. The minimum absolute atomic E-state index is 1.03. The Labute approximate surface area is 75.9 Å². The summed E-state index contributed by atoms with van der Waals surface area (Å²) < 4.78 is 0. The number of alkyl halides is 1. The summed E-state index contributed by atoms with van der Waals surface area (Å²) >= 11 is 3.41. The van der Waals surface area contributed by atoms with Crippen LogP contribution >= 0.6 is 15.9 Å². The third kappa shape index (κ3) is 2.54. The van der Waals surface area contributed by atoms with Crippen LogP contribution in [-0.2, 0) is 6.42 Å². The molecule has 0 aromatic heterocycles. The second kappa shape index (κ2) is 4.39. The van der Waals surface area contributed by atoms with Crippen LogP contribution < -0.4 is 5.32 Å². The van der Waals surface area contributed by atoms with E-state index in [2.05, 4.69) is 45.5 Å². The number of hydrogen-bond acceptors (Lipinski definition) is 1. The van der Waals surface area contributed by atoms with E-state index >= 15 is 0 Å². The van der Waals surface area contributed by atoms with Crippen molar-refractivity contribution in [3.8, 4) is 0 Å². The van der Waals surface area contributed by atoms with E-state index in [0.717, 1.165) is 11.8 Å². The van der Waals surface area contributed by atoms with Crippen molar-refractivity contribution in [2.45, 2.75) is 6.42 Å². The van der Waals surface area contributed by atoms with E-state index in [-0.39, 0.29) is 0 Å². The van der Waals surface area contributed by atoms with Crippen molar-refractivity contribution in [3.05, 3.63) is 29.8 Å². The lowest BCUT2D eigenvalue weighted by Crippen LogP contribution is -1.89. The van der Waals surface area contributed by atoms with Crippen LogP contribution in [0.1, 0.15) is 5.56 Å². The van der Waals surface area contributed by atoms with Gasteiger partial charge in [0.05, 0.1) is 0 Å². The van der Waals surface area contributed by atoms with Crippen LogP contribution in [0.4, 0.5) is 5.69 Å². The Morgan fingerprint density at radius 3 is 2.36 bits per heavy atom. The van der Waals surface area contributed by atoms with Gasteiger partial charge in [-0.2, -0.15) is 0 Å². The van der Waals surface area contributed by atoms with Crippen LogP contribution in [0, 0.1) is 0 Å². The average molecular weight is 214 g/mol. The third-order valence-corrected chi connectivity index (χ3v) is 2.02. The summed E-state index contributed by atoms with van der Waals surface area (Å²) in [7, 11) is 1.93. The molecule has 11 heavy (non-hydrogen) atoms. The van der Waals surface area contributed by atoms with E-state index < -0.39 is 0 Å². The van der Waals surface area contributed by atoms with E-state index in [1.54, 1.807) is 0 Å².